The van der Waals surface area contributed by atoms with Crippen molar-refractivity contribution < 1.29 is 19.1 Å². The van der Waals surface area contributed by atoms with Gasteiger partial charge >= 0.3 is 5.97 Å². The van der Waals surface area contributed by atoms with E-state index in [1.807, 2.05) is 30.9 Å². The number of morpholine rings is 1. The number of hydrogen-bond donors (Lipinski definition) is 0. The Morgan fingerprint density at radius 1 is 1.25 bits per heavy atom. The van der Waals surface area contributed by atoms with Crippen molar-refractivity contribution in [1.82, 2.24) is 9.80 Å². The van der Waals surface area contributed by atoms with Gasteiger partial charge < -0.3 is 14.4 Å². The molecule has 7 heteroatoms. The average Bonchev–Trinajstić information content (AvgIpc) is 2.73. The molecule has 1 aromatic carbocycles. The Kier molecular flexibility index (Phi) is 7.48. The molecule has 3 rings (SSSR count). The van der Waals surface area contributed by atoms with E-state index in [9.17, 15) is 9.59 Å². The normalized spacial score (nSPS) is 24.6. The molecule has 2 fully saturated rings. The summed E-state index contributed by atoms with van der Waals surface area (Å²) < 4.78 is 12.1. The van der Waals surface area contributed by atoms with Gasteiger partial charge in [-0.15, -0.1) is 0 Å². The molecule has 6 nitrogen and oxygen atoms in total. The summed E-state index contributed by atoms with van der Waals surface area (Å²) in [5.74, 6) is -0.301. The molecule has 3 unspecified atom stereocenters. The average molecular weight is 453 g/mol. The molecule has 0 spiro atoms. The van der Waals surface area contributed by atoms with Gasteiger partial charge in [-0.2, -0.15) is 0 Å². The van der Waals surface area contributed by atoms with E-state index >= 15 is 0 Å². The van der Waals surface area contributed by atoms with Gasteiger partial charge in [-0.3, -0.25) is 14.5 Å². The Balaban J connectivity index is 1.60. The van der Waals surface area contributed by atoms with Gasteiger partial charge in [-0.1, -0.05) is 28.1 Å². The minimum atomic E-state index is -0.234. The van der Waals surface area contributed by atoms with Gasteiger partial charge in [0.05, 0.1) is 31.3 Å². The smallest absolute Gasteiger partial charge is 0.310 e. The molecule has 154 valence electrons. The molecular formula is C21H29BrN2O4. The van der Waals surface area contributed by atoms with Gasteiger partial charge in [0.25, 0.3) is 0 Å². The lowest BCUT2D eigenvalue weighted by atomic mass is 9.97. The van der Waals surface area contributed by atoms with Crippen LogP contribution in [0.1, 0.15) is 38.4 Å². The topological polar surface area (TPSA) is 59.1 Å². The van der Waals surface area contributed by atoms with E-state index in [-0.39, 0.29) is 29.9 Å². The molecule has 28 heavy (non-hydrogen) atoms. The summed E-state index contributed by atoms with van der Waals surface area (Å²) in [6, 6.07) is 7.90. The summed E-state index contributed by atoms with van der Waals surface area (Å²) >= 11 is 3.46. The largest absolute Gasteiger partial charge is 0.466 e. The first kappa shape index (κ1) is 21.3. The predicted molar refractivity (Wildman–Crippen MR) is 110 cm³/mol. The molecule has 0 N–H and O–H groups in total. The molecular weight excluding hydrogens is 424 g/mol. The number of carbonyl (C=O) groups is 2. The van der Waals surface area contributed by atoms with Crippen LogP contribution in [0.3, 0.4) is 0 Å². The molecule has 1 amide bonds. The van der Waals surface area contributed by atoms with Crippen molar-refractivity contribution in [2.75, 3.05) is 39.4 Å². The quantitative estimate of drug-likeness (QED) is 0.642. The van der Waals surface area contributed by atoms with Crippen molar-refractivity contribution in [2.24, 2.45) is 5.92 Å². The van der Waals surface area contributed by atoms with E-state index in [0.717, 1.165) is 29.4 Å². The Labute approximate surface area is 175 Å². The maximum atomic E-state index is 13.1. The van der Waals surface area contributed by atoms with Gasteiger partial charge in [-0.25, -0.2) is 0 Å². The van der Waals surface area contributed by atoms with E-state index in [2.05, 4.69) is 33.0 Å². The fraction of sp³-hybridized carbons (Fsp3) is 0.619. The predicted octanol–water partition coefficient (Wildman–Crippen LogP) is 3.01. The number of esters is 1. The van der Waals surface area contributed by atoms with Crippen molar-refractivity contribution in [3.05, 3.63) is 34.3 Å². The third kappa shape index (κ3) is 5.13. The van der Waals surface area contributed by atoms with E-state index in [0.29, 0.717) is 32.8 Å². The number of halogens is 1. The van der Waals surface area contributed by atoms with Crippen LogP contribution in [0.25, 0.3) is 0 Å². The molecule has 2 aliphatic heterocycles. The van der Waals surface area contributed by atoms with Gasteiger partial charge in [0, 0.05) is 30.7 Å². The second-order valence-corrected chi connectivity index (χ2v) is 8.37. The van der Waals surface area contributed by atoms with E-state index < -0.39 is 0 Å². The van der Waals surface area contributed by atoms with Crippen LogP contribution in [-0.2, 0) is 19.1 Å². The van der Waals surface area contributed by atoms with E-state index in [1.165, 1.54) is 0 Å². The van der Waals surface area contributed by atoms with E-state index in [4.69, 9.17) is 9.47 Å². The Hall–Kier alpha value is -1.44. The highest BCUT2D eigenvalue weighted by molar-refractivity contribution is 9.10. The highest BCUT2D eigenvalue weighted by atomic mass is 79.9. The zero-order chi connectivity index (χ0) is 20.1. The van der Waals surface area contributed by atoms with Gasteiger partial charge in [0.15, 0.2) is 0 Å². The second-order valence-electron chi connectivity index (χ2n) is 7.46. The standard InChI is InChI=1S/C21H29BrN2O4/c1-3-27-21(26)17-5-4-10-24(13-17)20(25)15(2)23-11-12-28-19(14-23)16-6-8-18(22)9-7-16/h6-9,15,17,19H,3-5,10-14H2,1-2H3. The number of piperidine rings is 1. The minimum Gasteiger partial charge on any atom is -0.466 e. The van der Waals surface area contributed by atoms with E-state index in [1.54, 1.807) is 0 Å². The third-order valence-corrected chi connectivity index (χ3v) is 6.13. The first-order valence-corrected chi connectivity index (χ1v) is 10.9. The summed E-state index contributed by atoms with van der Waals surface area (Å²) in [7, 11) is 0. The first-order chi connectivity index (χ1) is 13.5. The molecule has 1 aromatic rings. The van der Waals surface area contributed by atoms with Crippen molar-refractivity contribution in [3.63, 3.8) is 0 Å². The molecule has 2 heterocycles. The van der Waals surface area contributed by atoms with Crippen LogP contribution in [0.5, 0.6) is 0 Å². The molecule has 0 aromatic heterocycles. The Morgan fingerprint density at radius 3 is 2.71 bits per heavy atom. The number of amides is 1. The SMILES string of the molecule is CCOC(=O)C1CCCN(C(=O)C(C)N2CCOC(c3ccc(Br)cc3)C2)C1. The minimum absolute atomic E-state index is 0.0364. The summed E-state index contributed by atoms with van der Waals surface area (Å²) in [6.45, 7) is 7.34. The Morgan fingerprint density at radius 2 is 2.00 bits per heavy atom. The van der Waals surface area contributed by atoms with Crippen LogP contribution in [0, 0.1) is 5.92 Å². The van der Waals surface area contributed by atoms with Crippen LogP contribution in [0.15, 0.2) is 28.7 Å². The lowest BCUT2D eigenvalue weighted by molar-refractivity contribution is -0.152. The summed E-state index contributed by atoms with van der Waals surface area (Å²) in [5, 5.41) is 0. The monoisotopic (exact) mass is 452 g/mol. The number of nitrogens with zero attached hydrogens (tertiary/aromatic N) is 2. The lowest BCUT2D eigenvalue weighted by Crippen LogP contribution is -2.53. The number of rotatable bonds is 5. The molecule has 0 bridgehead atoms. The van der Waals surface area contributed by atoms with Gasteiger partial charge in [0.2, 0.25) is 5.91 Å². The summed E-state index contributed by atoms with van der Waals surface area (Å²) in [5.41, 5.74) is 1.12. The summed E-state index contributed by atoms with van der Waals surface area (Å²) in [6.07, 6.45) is 1.60. The highest BCUT2D eigenvalue weighted by Crippen LogP contribution is 2.26. The number of ether oxygens (including phenoxy) is 2. The molecule has 0 aliphatic carbocycles. The molecule has 0 radical (unpaired) electrons. The zero-order valence-electron chi connectivity index (χ0n) is 16.6. The lowest BCUT2D eigenvalue weighted by Gasteiger charge is -2.39. The van der Waals surface area contributed by atoms with Crippen molar-refractivity contribution in [3.8, 4) is 0 Å². The maximum Gasteiger partial charge on any atom is 0.310 e. The third-order valence-electron chi connectivity index (χ3n) is 5.60. The molecule has 2 saturated heterocycles. The van der Waals surface area contributed by atoms with Crippen LogP contribution >= 0.6 is 15.9 Å². The second kappa shape index (κ2) is 9.85. The van der Waals surface area contributed by atoms with Crippen LogP contribution in [-0.4, -0.2) is 67.1 Å². The first-order valence-electron chi connectivity index (χ1n) is 10.1. The van der Waals surface area contributed by atoms with Gasteiger partial charge in [-0.05, 0) is 44.4 Å². The highest BCUT2D eigenvalue weighted by Gasteiger charge is 2.35. The fourth-order valence-corrected chi connectivity index (χ4v) is 4.21. The van der Waals surface area contributed by atoms with Gasteiger partial charge in [0.1, 0.15) is 0 Å². The number of carbonyl (C=O) groups excluding carboxylic acids is 2. The molecule has 0 saturated carbocycles. The summed E-state index contributed by atoms with van der Waals surface area (Å²) in [4.78, 5) is 29.2. The molecule has 3 atom stereocenters. The van der Waals surface area contributed by atoms with Crippen LogP contribution in [0.2, 0.25) is 0 Å². The van der Waals surface area contributed by atoms with Crippen molar-refractivity contribution >= 4 is 27.8 Å². The number of hydrogen-bond acceptors (Lipinski definition) is 5. The molecule has 2 aliphatic rings. The fourth-order valence-electron chi connectivity index (χ4n) is 3.95. The van der Waals surface area contributed by atoms with Crippen molar-refractivity contribution in [2.45, 2.75) is 38.8 Å². The Bertz CT molecular complexity index is 681. The number of benzene rings is 1. The maximum absolute atomic E-state index is 13.1. The van der Waals surface area contributed by atoms with Crippen LogP contribution < -0.4 is 0 Å². The van der Waals surface area contributed by atoms with Crippen LogP contribution in [0.4, 0.5) is 0 Å². The zero-order valence-corrected chi connectivity index (χ0v) is 18.2. The van der Waals surface area contributed by atoms with Crippen molar-refractivity contribution in [1.29, 1.82) is 0 Å². The number of likely N-dealkylation sites (tertiary alicyclic amines) is 1.